The minimum atomic E-state index is 0.323. The van der Waals surface area contributed by atoms with Crippen LogP contribution in [0.4, 0.5) is 5.88 Å². The maximum atomic E-state index is 6.30. The zero-order valence-electron chi connectivity index (χ0n) is 11.2. The van der Waals surface area contributed by atoms with Gasteiger partial charge in [-0.25, -0.2) is 0 Å². The molecule has 0 saturated heterocycles. The molecule has 0 spiro atoms. The van der Waals surface area contributed by atoms with Gasteiger partial charge in [-0.1, -0.05) is 54.2 Å². The third-order valence-corrected chi connectivity index (χ3v) is 4.71. The molecule has 2 atom stereocenters. The van der Waals surface area contributed by atoms with Crippen LogP contribution in [0.1, 0.15) is 37.8 Å². The van der Waals surface area contributed by atoms with Gasteiger partial charge in [-0.3, -0.25) is 0 Å². The van der Waals surface area contributed by atoms with E-state index in [1.165, 1.54) is 12.8 Å². The van der Waals surface area contributed by atoms with Crippen molar-refractivity contribution in [3.05, 3.63) is 33.9 Å². The van der Waals surface area contributed by atoms with Crippen LogP contribution >= 0.6 is 23.2 Å². The number of nitrogens with two attached hydrogens (primary N) is 1. The molecule has 1 aromatic heterocycles. The molecule has 1 aromatic carbocycles. The highest BCUT2D eigenvalue weighted by Gasteiger charge is 2.32. The molecule has 5 heteroatoms. The van der Waals surface area contributed by atoms with E-state index in [9.17, 15) is 0 Å². The van der Waals surface area contributed by atoms with E-state index < -0.39 is 0 Å². The quantitative estimate of drug-likeness (QED) is 0.836. The summed E-state index contributed by atoms with van der Waals surface area (Å²) in [5.41, 5.74) is 8.56. The van der Waals surface area contributed by atoms with E-state index in [1.807, 2.05) is 6.07 Å². The normalized spacial score (nSPS) is 22.4. The van der Waals surface area contributed by atoms with Gasteiger partial charge < -0.3 is 10.3 Å². The lowest BCUT2D eigenvalue weighted by Gasteiger charge is -2.14. The number of halogens is 2. The number of hydrogen-bond acceptors (Lipinski definition) is 3. The van der Waals surface area contributed by atoms with Crippen molar-refractivity contribution in [2.75, 3.05) is 5.73 Å². The summed E-state index contributed by atoms with van der Waals surface area (Å²) < 4.78 is 5.23. The fourth-order valence-electron chi connectivity index (χ4n) is 3.08. The predicted molar refractivity (Wildman–Crippen MR) is 82.1 cm³/mol. The summed E-state index contributed by atoms with van der Waals surface area (Å²) in [5.74, 6) is 1.30. The first-order valence-electron chi connectivity index (χ1n) is 6.78. The van der Waals surface area contributed by atoms with Gasteiger partial charge in [-0.2, -0.15) is 0 Å². The molecule has 1 aliphatic rings. The summed E-state index contributed by atoms with van der Waals surface area (Å²) in [6.45, 7) is 2.25. The van der Waals surface area contributed by atoms with E-state index in [0.717, 1.165) is 23.2 Å². The highest BCUT2D eigenvalue weighted by molar-refractivity contribution is 6.36. The third kappa shape index (κ3) is 2.29. The van der Waals surface area contributed by atoms with Gasteiger partial charge >= 0.3 is 0 Å². The summed E-state index contributed by atoms with van der Waals surface area (Å²) in [6, 6.07) is 5.39. The van der Waals surface area contributed by atoms with Crippen LogP contribution in [0.5, 0.6) is 0 Å². The lowest BCUT2D eigenvalue weighted by atomic mass is 9.90. The average molecular weight is 311 g/mol. The van der Waals surface area contributed by atoms with Gasteiger partial charge in [0.1, 0.15) is 0 Å². The molecule has 0 bridgehead atoms. The van der Waals surface area contributed by atoms with Crippen LogP contribution in [0.2, 0.25) is 10.0 Å². The summed E-state index contributed by atoms with van der Waals surface area (Å²) >= 11 is 12.3. The van der Waals surface area contributed by atoms with Crippen LogP contribution in [0.3, 0.4) is 0 Å². The molecule has 106 valence electrons. The second-order valence-electron chi connectivity index (χ2n) is 5.45. The Hall–Kier alpha value is -1.19. The Morgan fingerprint density at radius 2 is 2.10 bits per heavy atom. The Bertz CT molecular complexity index is 639. The molecule has 1 saturated carbocycles. The lowest BCUT2D eigenvalue weighted by Crippen LogP contribution is -2.04. The van der Waals surface area contributed by atoms with E-state index in [4.69, 9.17) is 33.5 Å². The first-order valence-corrected chi connectivity index (χ1v) is 7.54. The molecule has 3 nitrogen and oxygen atoms in total. The number of hydrogen-bond donors (Lipinski definition) is 1. The van der Waals surface area contributed by atoms with Gasteiger partial charge in [0.15, 0.2) is 0 Å². The van der Waals surface area contributed by atoms with Gasteiger partial charge in [0.2, 0.25) is 5.88 Å². The lowest BCUT2D eigenvalue weighted by molar-refractivity contribution is 0.407. The largest absolute Gasteiger partial charge is 0.367 e. The molecule has 0 amide bonds. The Kier molecular flexibility index (Phi) is 3.65. The molecule has 1 heterocycles. The maximum absolute atomic E-state index is 6.30. The van der Waals surface area contributed by atoms with E-state index in [-0.39, 0.29) is 0 Å². The number of rotatable bonds is 2. The molecule has 2 N–H and O–H groups in total. The molecular weight excluding hydrogens is 295 g/mol. The van der Waals surface area contributed by atoms with Crippen molar-refractivity contribution in [3.63, 3.8) is 0 Å². The van der Waals surface area contributed by atoms with Crippen molar-refractivity contribution < 1.29 is 4.52 Å². The second-order valence-corrected chi connectivity index (χ2v) is 6.29. The van der Waals surface area contributed by atoms with Crippen LogP contribution in [-0.2, 0) is 0 Å². The highest BCUT2D eigenvalue weighted by atomic mass is 35.5. The van der Waals surface area contributed by atoms with Gasteiger partial charge in [0, 0.05) is 16.5 Å². The number of nitrogen functional groups attached to an aromatic ring is 1. The van der Waals surface area contributed by atoms with Crippen molar-refractivity contribution in [1.82, 2.24) is 5.16 Å². The fourth-order valence-corrected chi connectivity index (χ4v) is 3.59. The number of anilines is 1. The van der Waals surface area contributed by atoms with Crippen molar-refractivity contribution in [2.24, 2.45) is 5.92 Å². The van der Waals surface area contributed by atoms with E-state index >= 15 is 0 Å². The minimum Gasteiger partial charge on any atom is -0.367 e. The van der Waals surface area contributed by atoms with Gasteiger partial charge in [-0.05, 0) is 24.5 Å². The molecule has 1 fully saturated rings. The number of aromatic nitrogens is 1. The Balaban J connectivity index is 2.11. The Morgan fingerprint density at radius 3 is 2.75 bits per heavy atom. The zero-order valence-corrected chi connectivity index (χ0v) is 12.7. The smallest absolute Gasteiger partial charge is 0.230 e. The standard InChI is InChI=1S/C15H16Cl2N2O/c1-8-3-2-4-10(8)14-13(15(18)20-19-14)11-6-5-9(16)7-12(11)17/h5-8,10H,2-4,18H2,1H3. The van der Waals surface area contributed by atoms with E-state index in [1.54, 1.807) is 12.1 Å². The third-order valence-electron chi connectivity index (χ3n) is 4.16. The Morgan fingerprint density at radius 1 is 1.30 bits per heavy atom. The van der Waals surface area contributed by atoms with Crippen LogP contribution in [0.25, 0.3) is 11.1 Å². The SMILES string of the molecule is CC1CCCC1c1noc(N)c1-c1ccc(Cl)cc1Cl. The van der Waals surface area contributed by atoms with Gasteiger partial charge in [0.05, 0.1) is 16.3 Å². The molecule has 0 aliphatic heterocycles. The number of nitrogens with zero attached hydrogens (tertiary/aromatic N) is 1. The van der Waals surface area contributed by atoms with Crippen LogP contribution in [-0.4, -0.2) is 5.16 Å². The van der Waals surface area contributed by atoms with Crippen molar-refractivity contribution in [1.29, 1.82) is 0 Å². The molecular formula is C15H16Cl2N2O. The van der Waals surface area contributed by atoms with Crippen molar-refractivity contribution in [2.45, 2.75) is 32.1 Å². The maximum Gasteiger partial charge on any atom is 0.230 e. The van der Waals surface area contributed by atoms with Crippen LogP contribution in [0, 0.1) is 5.92 Å². The molecule has 1 aliphatic carbocycles. The molecule has 20 heavy (non-hydrogen) atoms. The number of benzene rings is 1. The zero-order chi connectivity index (χ0) is 14.3. The van der Waals surface area contributed by atoms with Crippen LogP contribution < -0.4 is 5.73 Å². The molecule has 3 rings (SSSR count). The second kappa shape index (κ2) is 5.30. The first kappa shape index (κ1) is 13.8. The van der Waals surface area contributed by atoms with Crippen molar-refractivity contribution in [3.8, 4) is 11.1 Å². The summed E-state index contributed by atoms with van der Waals surface area (Å²) in [7, 11) is 0. The van der Waals surface area contributed by atoms with Gasteiger partial charge in [0.25, 0.3) is 0 Å². The first-order chi connectivity index (χ1) is 9.58. The minimum absolute atomic E-state index is 0.323. The van der Waals surface area contributed by atoms with Crippen LogP contribution in [0.15, 0.2) is 22.7 Å². The van der Waals surface area contributed by atoms with E-state index in [0.29, 0.717) is 27.8 Å². The van der Waals surface area contributed by atoms with Gasteiger partial charge in [-0.15, -0.1) is 0 Å². The van der Waals surface area contributed by atoms with Crippen molar-refractivity contribution >= 4 is 29.1 Å². The highest BCUT2D eigenvalue weighted by Crippen LogP contribution is 2.45. The van der Waals surface area contributed by atoms with E-state index in [2.05, 4.69) is 12.1 Å². The molecule has 0 radical (unpaired) electrons. The summed E-state index contributed by atoms with van der Waals surface area (Å²) in [4.78, 5) is 0. The topological polar surface area (TPSA) is 52.0 Å². The monoisotopic (exact) mass is 310 g/mol. The Labute approximate surface area is 128 Å². The average Bonchev–Trinajstić information content (AvgIpc) is 2.96. The summed E-state index contributed by atoms with van der Waals surface area (Å²) in [5, 5.41) is 5.37. The fraction of sp³-hybridized carbons (Fsp3) is 0.400. The molecule has 2 aromatic rings. The summed E-state index contributed by atoms with van der Waals surface area (Å²) in [6.07, 6.45) is 3.54. The predicted octanol–water partition coefficient (Wildman–Crippen LogP) is 5.13. The molecule has 2 unspecified atom stereocenters.